The van der Waals surface area contributed by atoms with Gasteiger partial charge < -0.3 is 4.57 Å². The van der Waals surface area contributed by atoms with Crippen LogP contribution in [0.2, 0.25) is 0 Å². The van der Waals surface area contributed by atoms with E-state index in [4.69, 9.17) is 0 Å². The minimum absolute atomic E-state index is 0.416. The molecule has 1 heterocycles. The van der Waals surface area contributed by atoms with Gasteiger partial charge in [-0.25, -0.2) is 4.98 Å². The van der Waals surface area contributed by atoms with Gasteiger partial charge in [0.05, 0.1) is 5.56 Å². The van der Waals surface area contributed by atoms with Crippen molar-refractivity contribution in [2.75, 3.05) is 0 Å². The van der Waals surface area contributed by atoms with Crippen molar-refractivity contribution >= 4 is 0 Å². The molecule has 0 spiro atoms. The van der Waals surface area contributed by atoms with Crippen LogP contribution in [0.3, 0.4) is 0 Å². The fraction of sp³-hybridized carbons (Fsp3) is 0.357. The Bertz CT molecular complexity index is 544. The van der Waals surface area contributed by atoms with E-state index in [0.717, 1.165) is 24.7 Å². The lowest BCUT2D eigenvalue weighted by Gasteiger charge is -2.10. The predicted octanol–water partition coefficient (Wildman–Crippen LogP) is 3.90. The molecule has 19 heavy (non-hydrogen) atoms. The summed E-state index contributed by atoms with van der Waals surface area (Å²) in [5.74, 6) is 0.903. The maximum absolute atomic E-state index is 12.6. The predicted molar refractivity (Wildman–Crippen MR) is 66.8 cm³/mol. The number of halogens is 3. The van der Waals surface area contributed by atoms with Crippen molar-refractivity contribution in [2.45, 2.75) is 32.5 Å². The van der Waals surface area contributed by atoms with Crippen molar-refractivity contribution in [3.8, 4) is 0 Å². The summed E-state index contributed by atoms with van der Waals surface area (Å²) >= 11 is 0. The third-order valence-corrected chi connectivity index (χ3v) is 2.88. The second-order valence-corrected chi connectivity index (χ2v) is 4.42. The van der Waals surface area contributed by atoms with Crippen LogP contribution in [0.1, 0.15) is 30.3 Å². The van der Waals surface area contributed by atoms with E-state index >= 15 is 0 Å². The molecule has 102 valence electrons. The van der Waals surface area contributed by atoms with Crippen LogP contribution in [-0.2, 0) is 19.1 Å². The third kappa shape index (κ3) is 3.36. The molecule has 0 atom stereocenters. The van der Waals surface area contributed by atoms with Gasteiger partial charge in [-0.15, -0.1) is 0 Å². The highest BCUT2D eigenvalue weighted by atomic mass is 19.4. The van der Waals surface area contributed by atoms with Crippen molar-refractivity contribution in [1.82, 2.24) is 9.55 Å². The molecule has 0 radical (unpaired) electrons. The Labute approximate surface area is 109 Å². The third-order valence-electron chi connectivity index (χ3n) is 2.88. The molecule has 0 fully saturated rings. The van der Waals surface area contributed by atoms with Crippen LogP contribution in [-0.4, -0.2) is 9.55 Å². The SMILES string of the molecule is CCCc1nccn1Cc1cccc(C(F)(F)F)c1. The van der Waals surface area contributed by atoms with Gasteiger partial charge in [0.2, 0.25) is 0 Å². The highest BCUT2D eigenvalue weighted by molar-refractivity contribution is 5.26. The zero-order chi connectivity index (χ0) is 13.9. The summed E-state index contributed by atoms with van der Waals surface area (Å²) in [5, 5.41) is 0. The first kappa shape index (κ1) is 13.6. The van der Waals surface area contributed by atoms with Gasteiger partial charge >= 0.3 is 6.18 Å². The summed E-state index contributed by atoms with van der Waals surface area (Å²) in [5.41, 5.74) is 0.0207. The van der Waals surface area contributed by atoms with Gasteiger partial charge in [0.25, 0.3) is 0 Å². The Morgan fingerprint density at radius 3 is 2.74 bits per heavy atom. The van der Waals surface area contributed by atoms with Crippen LogP contribution < -0.4 is 0 Å². The van der Waals surface area contributed by atoms with Gasteiger partial charge in [0.15, 0.2) is 0 Å². The van der Waals surface area contributed by atoms with Crippen molar-refractivity contribution in [2.24, 2.45) is 0 Å². The first-order valence-corrected chi connectivity index (χ1v) is 6.17. The summed E-state index contributed by atoms with van der Waals surface area (Å²) in [7, 11) is 0. The zero-order valence-electron chi connectivity index (χ0n) is 10.6. The quantitative estimate of drug-likeness (QED) is 0.822. The molecular formula is C14H15F3N2. The van der Waals surface area contributed by atoms with Gasteiger partial charge in [-0.1, -0.05) is 19.1 Å². The van der Waals surface area contributed by atoms with E-state index in [1.165, 1.54) is 12.1 Å². The minimum atomic E-state index is -4.29. The van der Waals surface area contributed by atoms with Gasteiger partial charge in [0.1, 0.15) is 5.82 Å². The number of hydrogen-bond acceptors (Lipinski definition) is 1. The summed E-state index contributed by atoms with van der Waals surface area (Å²) < 4.78 is 39.8. The van der Waals surface area contributed by atoms with Crippen LogP contribution in [0.5, 0.6) is 0 Å². The molecule has 0 unspecified atom stereocenters. The Morgan fingerprint density at radius 2 is 2.05 bits per heavy atom. The fourth-order valence-corrected chi connectivity index (χ4v) is 1.98. The second-order valence-electron chi connectivity index (χ2n) is 4.42. The number of hydrogen-bond donors (Lipinski definition) is 0. The number of imidazole rings is 1. The maximum Gasteiger partial charge on any atom is 0.416 e. The Hall–Kier alpha value is -1.78. The first-order valence-electron chi connectivity index (χ1n) is 6.17. The Kier molecular flexibility index (Phi) is 3.93. The van der Waals surface area contributed by atoms with Crippen LogP contribution in [0.4, 0.5) is 13.2 Å². The van der Waals surface area contributed by atoms with Crippen LogP contribution >= 0.6 is 0 Å². The molecule has 0 aliphatic rings. The summed E-state index contributed by atoms with van der Waals surface area (Å²) in [6.45, 7) is 2.46. The molecule has 0 saturated carbocycles. The number of alkyl halides is 3. The monoisotopic (exact) mass is 268 g/mol. The minimum Gasteiger partial charge on any atom is -0.331 e. The van der Waals surface area contributed by atoms with E-state index in [0.29, 0.717) is 12.1 Å². The summed E-state index contributed by atoms with van der Waals surface area (Å²) in [4.78, 5) is 4.21. The topological polar surface area (TPSA) is 17.8 Å². The van der Waals surface area contributed by atoms with Gasteiger partial charge in [-0.05, 0) is 24.1 Å². The molecule has 0 amide bonds. The fourth-order valence-electron chi connectivity index (χ4n) is 1.98. The highest BCUT2D eigenvalue weighted by Crippen LogP contribution is 2.29. The van der Waals surface area contributed by atoms with Crippen molar-refractivity contribution in [1.29, 1.82) is 0 Å². The van der Waals surface area contributed by atoms with E-state index in [-0.39, 0.29) is 0 Å². The Morgan fingerprint density at radius 1 is 1.26 bits per heavy atom. The van der Waals surface area contributed by atoms with Crippen molar-refractivity contribution in [3.63, 3.8) is 0 Å². The maximum atomic E-state index is 12.6. The van der Waals surface area contributed by atoms with Gasteiger partial charge in [0, 0.05) is 25.4 Å². The van der Waals surface area contributed by atoms with E-state index in [1.54, 1.807) is 18.5 Å². The normalized spacial score (nSPS) is 11.8. The molecule has 2 rings (SSSR count). The van der Waals surface area contributed by atoms with Gasteiger partial charge in [-0.3, -0.25) is 0 Å². The molecule has 0 aliphatic heterocycles. The molecule has 2 aromatic rings. The number of aromatic nitrogens is 2. The lowest BCUT2D eigenvalue weighted by Crippen LogP contribution is -2.08. The smallest absolute Gasteiger partial charge is 0.331 e. The summed E-state index contributed by atoms with van der Waals surface area (Å²) in [6, 6.07) is 5.42. The van der Waals surface area contributed by atoms with E-state index in [1.807, 2.05) is 11.5 Å². The van der Waals surface area contributed by atoms with Crippen LogP contribution in [0.25, 0.3) is 0 Å². The first-order chi connectivity index (χ1) is 9.00. The molecule has 2 nitrogen and oxygen atoms in total. The molecular weight excluding hydrogens is 253 g/mol. The van der Waals surface area contributed by atoms with E-state index in [9.17, 15) is 13.2 Å². The Balaban J connectivity index is 2.21. The lowest BCUT2D eigenvalue weighted by atomic mass is 10.1. The summed E-state index contributed by atoms with van der Waals surface area (Å²) in [6.07, 6.45) is 0.965. The highest BCUT2D eigenvalue weighted by Gasteiger charge is 2.30. The second kappa shape index (κ2) is 5.47. The molecule has 0 aliphatic carbocycles. The van der Waals surface area contributed by atoms with E-state index < -0.39 is 11.7 Å². The van der Waals surface area contributed by atoms with Crippen LogP contribution in [0, 0.1) is 0 Å². The number of nitrogens with zero attached hydrogens (tertiary/aromatic N) is 2. The number of aryl methyl sites for hydroxylation is 1. The molecule has 0 N–H and O–H groups in total. The lowest BCUT2D eigenvalue weighted by molar-refractivity contribution is -0.137. The average molecular weight is 268 g/mol. The molecule has 0 bridgehead atoms. The zero-order valence-corrected chi connectivity index (χ0v) is 10.6. The van der Waals surface area contributed by atoms with Crippen LogP contribution in [0.15, 0.2) is 36.7 Å². The van der Waals surface area contributed by atoms with Crippen molar-refractivity contribution in [3.05, 3.63) is 53.6 Å². The molecule has 0 saturated heterocycles. The number of rotatable bonds is 4. The van der Waals surface area contributed by atoms with Crippen molar-refractivity contribution < 1.29 is 13.2 Å². The van der Waals surface area contributed by atoms with E-state index in [2.05, 4.69) is 4.98 Å². The largest absolute Gasteiger partial charge is 0.416 e. The molecule has 5 heteroatoms. The standard InChI is InChI=1S/C14H15F3N2/c1-2-4-13-18-7-8-19(13)10-11-5-3-6-12(9-11)14(15,16)17/h3,5-9H,2,4,10H2,1H3. The molecule has 1 aromatic carbocycles. The molecule has 1 aromatic heterocycles. The van der Waals surface area contributed by atoms with Gasteiger partial charge in [-0.2, -0.15) is 13.2 Å². The average Bonchev–Trinajstić information content (AvgIpc) is 2.77. The number of benzene rings is 1.